The molecule has 1 aromatic carbocycles. The van der Waals surface area contributed by atoms with Crippen molar-refractivity contribution in [2.45, 2.75) is 19.4 Å². The van der Waals surface area contributed by atoms with Gasteiger partial charge in [-0.25, -0.2) is 0 Å². The fraction of sp³-hybridized carbons (Fsp3) is 0.400. The first-order chi connectivity index (χ1) is 9.26. The highest BCUT2D eigenvalue weighted by Crippen LogP contribution is 2.04. The summed E-state index contributed by atoms with van der Waals surface area (Å²) in [5, 5.41) is 11.7. The van der Waals surface area contributed by atoms with Crippen LogP contribution in [0, 0.1) is 12.3 Å². The summed E-state index contributed by atoms with van der Waals surface area (Å²) in [5.74, 6) is 2.31. The topological polar surface area (TPSA) is 58.6 Å². The minimum absolute atomic E-state index is 0.0380. The molecule has 0 aromatic heterocycles. The first kappa shape index (κ1) is 15.2. The highest BCUT2D eigenvalue weighted by Gasteiger charge is 2.00. The molecule has 2 N–H and O–H groups in total. The first-order valence-corrected chi connectivity index (χ1v) is 6.23. The maximum absolute atomic E-state index is 11.4. The molecule has 0 heterocycles. The van der Waals surface area contributed by atoms with Gasteiger partial charge in [-0.15, -0.1) is 6.42 Å². The van der Waals surface area contributed by atoms with Gasteiger partial charge in [0.15, 0.2) is 0 Å². The maximum atomic E-state index is 11.4. The van der Waals surface area contributed by atoms with E-state index in [-0.39, 0.29) is 19.1 Å². The third-order valence-electron chi connectivity index (χ3n) is 2.60. The van der Waals surface area contributed by atoms with Crippen LogP contribution in [0.3, 0.4) is 0 Å². The van der Waals surface area contributed by atoms with Crippen molar-refractivity contribution in [2.75, 3.05) is 19.8 Å². The van der Waals surface area contributed by atoms with E-state index in [0.717, 1.165) is 17.5 Å². The predicted molar refractivity (Wildman–Crippen MR) is 73.3 cm³/mol. The zero-order valence-electron chi connectivity index (χ0n) is 10.9. The summed E-state index contributed by atoms with van der Waals surface area (Å²) in [7, 11) is 0. The van der Waals surface area contributed by atoms with E-state index in [0.29, 0.717) is 19.6 Å². The van der Waals surface area contributed by atoms with E-state index in [1.165, 1.54) is 0 Å². The summed E-state index contributed by atoms with van der Waals surface area (Å²) in [6.07, 6.45) is 6.11. The monoisotopic (exact) mass is 261 g/mol. The van der Waals surface area contributed by atoms with E-state index in [2.05, 4.69) is 11.2 Å². The summed E-state index contributed by atoms with van der Waals surface area (Å²) >= 11 is 0. The van der Waals surface area contributed by atoms with Gasteiger partial charge in [-0.2, -0.15) is 0 Å². The normalized spacial score (nSPS) is 9.89. The SMILES string of the molecule is C#CCOCCC(=O)NCCc1ccc(CO)cc1. The molecule has 102 valence electrons. The summed E-state index contributed by atoms with van der Waals surface area (Å²) in [6.45, 7) is 1.23. The minimum atomic E-state index is -0.0380. The van der Waals surface area contributed by atoms with Crippen molar-refractivity contribution >= 4 is 5.91 Å². The number of hydrogen-bond acceptors (Lipinski definition) is 3. The second kappa shape index (κ2) is 9.15. The predicted octanol–water partition coefficient (Wildman–Crippen LogP) is 0.877. The molecular formula is C15H19NO3. The van der Waals surface area contributed by atoms with Crippen LogP contribution in [0.15, 0.2) is 24.3 Å². The van der Waals surface area contributed by atoms with Gasteiger partial charge >= 0.3 is 0 Å². The Kier molecular flexibility index (Phi) is 7.33. The average molecular weight is 261 g/mol. The molecule has 4 heteroatoms. The number of benzene rings is 1. The van der Waals surface area contributed by atoms with Crippen LogP contribution in [0.25, 0.3) is 0 Å². The van der Waals surface area contributed by atoms with Crippen LogP contribution in [-0.4, -0.2) is 30.8 Å². The van der Waals surface area contributed by atoms with Crippen molar-refractivity contribution in [1.29, 1.82) is 0 Å². The van der Waals surface area contributed by atoms with E-state index < -0.39 is 0 Å². The Balaban J connectivity index is 2.15. The van der Waals surface area contributed by atoms with E-state index >= 15 is 0 Å². The van der Waals surface area contributed by atoms with Crippen LogP contribution in [0.1, 0.15) is 17.5 Å². The molecule has 0 saturated heterocycles. The number of terminal acetylenes is 1. The number of ether oxygens (including phenoxy) is 1. The third-order valence-corrected chi connectivity index (χ3v) is 2.60. The molecule has 0 atom stereocenters. The molecule has 0 aliphatic heterocycles. The van der Waals surface area contributed by atoms with Gasteiger partial charge in [0.1, 0.15) is 6.61 Å². The fourth-order valence-corrected chi connectivity index (χ4v) is 1.54. The van der Waals surface area contributed by atoms with Crippen molar-refractivity contribution in [2.24, 2.45) is 0 Å². The van der Waals surface area contributed by atoms with Gasteiger partial charge in [-0.05, 0) is 17.5 Å². The van der Waals surface area contributed by atoms with Gasteiger partial charge in [0.25, 0.3) is 0 Å². The Morgan fingerprint density at radius 2 is 2.00 bits per heavy atom. The van der Waals surface area contributed by atoms with Crippen LogP contribution in [0.5, 0.6) is 0 Å². The summed E-state index contributed by atoms with van der Waals surface area (Å²) in [4.78, 5) is 11.4. The van der Waals surface area contributed by atoms with Crippen LogP contribution in [-0.2, 0) is 22.6 Å². The van der Waals surface area contributed by atoms with E-state index in [4.69, 9.17) is 16.3 Å². The zero-order valence-corrected chi connectivity index (χ0v) is 10.9. The molecule has 0 saturated carbocycles. The molecule has 0 aliphatic carbocycles. The fourth-order valence-electron chi connectivity index (χ4n) is 1.54. The number of amides is 1. The molecule has 1 aromatic rings. The van der Waals surface area contributed by atoms with Gasteiger partial charge in [0, 0.05) is 6.54 Å². The molecule has 0 unspecified atom stereocenters. The number of nitrogens with one attached hydrogen (secondary N) is 1. The zero-order chi connectivity index (χ0) is 13.9. The van der Waals surface area contributed by atoms with Gasteiger partial charge in [0.2, 0.25) is 5.91 Å². The Hall–Kier alpha value is -1.83. The van der Waals surface area contributed by atoms with Crippen LogP contribution >= 0.6 is 0 Å². The third kappa shape index (κ3) is 6.61. The van der Waals surface area contributed by atoms with E-state index in [9.17, 15) is 4.79 Å². The smallest absolute Gasteiger partial charge is 0.222 e. The lowest BCUT2D eigenvalue weighted by atomic mass is 10.1. The number of hydrogen-bond donors (Lipinski definition) is 2. The summed E-state index contributed by atoms with van der Waals surface area (Å²) in [5.41, 5.74) is 2.01. The van der Waals surface area contributed by atoms with E-state index in [1.807, 2.05) is 24.3 Å². The lowest BCUT2D eigenvalue weighted by Gasteiger charge is -2.06. The first-order valence-electron chi connectivity index (χ1n) is 6.23. The molecule has 1 amide bonds. The Morgan fingerprint density at radius 1 is 1.32 bits per heavy atom. The molecule has 0 bridgehead atoms. The van der Waals surface area contributed by atoms with Crippen molar-refractivity contribution in [3.05, 3.63) is 35.4 Å². The minimum Gasteiger partial charge on any atom is -0.392 e. The Labute approximate surface area is 113 Å². The molecule has 0 fully saturated rings. The number of carbonyl (C=O) groups excluding carboxylic acids is 1. The molecule has 1 rings (SSSR count). The van der Waals surface area contributed by atoms with Crippen LogP contribution < -0.4 is 5.32 Å². The second-order valence-electron chi connectivity index (χ2n) is 4.08. The number of aliphatic hydroxyl groups is 1. The highest BCUT2D eigenvalue weighted by atomic mass is 16.5. The number of aliphatic hydroxyl groups excluding tert-OH is 1. The van der Waals surface area contributed by atoms with Crippen molar-refractivity contribution in [1.82, 2.24) is 5.32 Å². The Bertz CT molecular complexity index is 420. The van der Waals surface area contributed by atoms with Crippen molar-refractivity contribution in [3.63, 3.8) is 0 Å². The standard InChI is InChI=1S/C15H19NO3/c1-2-10-19-11-8-15(18)16-9-7-13-3-5-14(12-17)6-4-13/h1,3-6,17H,7-12H2,(H,16,18). The summed E-state index contributed by atoms with van der Waals surface area (Å²) < 4.78 is 5.02. The molecule has 0 aliphatic rings. The Morgan fingerprint density at radius 3 is 2.63 bits per heavy atom. The summed E-state index contributed by atoms with van der Waals surface area (Å²) in [6, 6.07) is 7.66. The quantitative estimate of drug-likeness (QED) is 0.539. The molecule has 4 nitrogen and oxygen atoms in total. The van der Waals surface area contributed by atoms with Crippen molar-refractivity contribution < 1.29 is 14.6 Å². The number of rotatable bonds is 8. The molecule has 19 heavy (non-hydrogen) atoms. The number of carbonyl (C=O) groups is 1. The van der Waals surface area contributed by atoms with Gasteiger partial charge < -0.3 is 15.2 Å². The van der Waals surface area contributed by atoms with Gasteiger partial charge in [-0.3, -0.25) is 4.79 Å². The maximum Gasteiger partial charge on any atom is 0.222 e. The second-order valence-corrected chi connectivity index (χ2v) is 4.08. The van der Waals surface area contributed by atoms with E-state index in [1.54, 1.807) is 0 Å². The van der Waals surface area contributed by atoms with Crippen molar-refractivity contribution in [3.8, 4) is 12.3 Å². The largest absolute Gasteiger partial charge is 0.392 e. The highest BCUT2D eigenvalue weighted by molar-refractivity contribution is 5.75. The van der Waals surface area contributed by atoms with Gasteiger partial charge in [-0.1, -0.05) is 30.2 Å². The lowest BCUT2D eigenvalue weighted by molar-refractivity contribution is -0.122. The average Bonchev–Trinajstić information content (AvgIpc) is 2.44. The molecule has 0 radical (unpaired) electrons. The van der Waals surface area contributed by atoms with Crippen LogP contribution in [0.2, 0.25) is 0 Å². The molecular weight excluding hydrogens is 242 g/mol. The van der Waals surface area contributed by atoms with Gasteiger partial charge in [0.05, 0.1) is 19.6 Å². The van der Waals surface area contributed by atoms with Crippen LogP contribution in [0.4, 0.5) is 0 Å². The molecule has 0 spiro atoms. The lowest BCUT2D eigenvalue weighted by Crippen LogP contribution is -2.26.